The average Bonchev–Trinajstić information content (AvgIpc) is 3.03. The highest BCUT2D eigenvalue weighted by Gasteiger charge is 2.57. The summed E-state index contributed by atoms with van der Waals surface area (Å²) < 4.78 is 0. The largest absolute Gasteiger partial charge is 0.340 e. The summed E-state index contributed by atoms with van der Waals surface area (Å²) in [6.07, 6.45) is 5.93. The quantitative estimate of drug-likeness (QED) is 0.859. The van der Waals surface area contributed by atoms with Gasteiger partial charge in [0.15, 0.2) is 0 Å². The average molecular weight is 278 g/mol. The van der Waals surface area contributed by atoms with Gasteiger partial charge in [0.25, 0.3) is 0 Å². The maximum atomic E-state index is 13.1. The summed E-state index contributed by atoms with van der Waals surface area (Å²) in [6.45, 7) is 6.26. The Kier molecular flexibility index (Phi) is 3.30. The highest BCUT2D eigenvalue weighted by Crippen LogP contribution is 2.45. The van der Waals surface area contributed by atoms with Crippen molar-refractivity contribution in [2.24, 2.45) is 11.8 Å². The van der Waals surface area contributed by atoms with Crippen molar-refractivity contribution in [3.8, 4) is 0 Å². The van der Waals surface area contributed by atoms with Crippen LogP contribution in [-0.4, -0.2) is 34.3 Å². The van der Waals surface area contributed by atoms with Crippen molar-refractivity contribution in [3.05, 3.63) is 0 Å². The molecule has 0 radical (unpaired) electrons. The zero-order valence-corrected chi connectivity index (χ0v) is 12.8. The fourth-order valence-electron chi connectivity index (χ4n) is 4.17. The van der Waals surface area contributed by atoms with Crippen molar-refractivity contribution in [3.63, 3.8) is 0 Å². The summed E-state index contributed by atoms with van der Waals surface area (Å²) in [7, 11) is 0. The van der Waals surface area contributed by atoms with Crippen LogP contribution >= 0.6 is 0 Å². The number of nitrogens with one attached hydrogen (secondary N) is 1. The van der Waals surface area contributed by atoms with Crippen molar-refractivity contribution in [1.29, 1.82) is 0 Å². The third-order valence-electron chi connectivity index (χ3n) is 5.43. The fourth-order valence-corrected chi connectivity index (χ4v) is 4.17. The maximum Gasteiger partial charge on any atom is 0.249 e. The van der Waals surface area contributed by atoms with Crippen LogP contribution in [0.4, 0.5) is 0 Å². The molecule has 0 aromatic carbocycles. The molecule has 1 heterocycles. The highest BCUT2D eigenvalue weighted by molar-refractivity contribution is 6.00. The number of hydrogen-bond donors (Lipinski definition) is 1. The maximum absolute atomic E-state index is 13.1. The van der Waals surface area contributed by atoms with Crippen molar-refractivity contribution in [2.75, 3.05) is 0 Å². The lowest BCUT2D eigenvalue weighted by Crippen LogP contribution is -2.71. The molecule has 4 heteroatoms. The van der Waals surface area contributed by atoms with Crippen LogP contribution < -0.4 is 5.32 Å². The van der Waals surface area contributed by atoms with E-state index in [9.17, 15) is 9.59 Å². The van der Waals surface area contributed by atoms with Gasteiger partial charge in [0.2, 0.25) is 11.8 Å². The van der Waals surface area contributed by atoms with E-state index in [2.05, 4.69) is 12.2 Å². The van der Waals surface area contributed by atoms with Crippen molar-refractivity contribution in [2.45, 2.75) is 76.9 Å². The Balaban J connectivity index is 1.91. The number of piperazine rings is 1. The number of rotatable bonds is 3. The lowest BCUT2D eigenvalue weighted by atomic mass is 9.87. The molecule has 3 rings (SSSR count). The van der Waals surface area contributed by atoms with E-state index in [4.69, 9.17) is 0 Å². The molecule has 1 N–H and O–H groups in total. The molecular formula is C16H26N2O2. The minimum atomic E-state index is -0.566. The SMILES string of the molecule is CCC1CC1N1C(=O)C2(CCCC2)NC(=O)C1C(C)C. The van der Waals surface area contributed by atoms with Crippen LogP contribution in [0.5, 0.6) is 0 Å². The number of hydrogen-bond acceptors (Lipinski definition) is 2. The summed E-state index contributed by atoms with van der Waals surface area (Å²) in [5, 5.41) is 3.09. The molecule has 0 aromatic heterocycles. The van der Waals surface area contributed by atoms with E-state index in [0.717, 1.165) is 38.5 Å². The molecule has 3 atom stereocenters. The Hall–Kier alpha value is -1.06. The van der Waals surface area contributed by atoms with Gasteiger partial charge in [-0.1, -0.05) is 40.0 Å². The van der Waals surface area contributed by atoms with Gasteiger partial charge in [0, 0.05) is 6.04 Å². The second-order valence-corrected chi connectivity index (χ2v) is 7.15. The smallest absolute Gasteiger partial charge is 0.249 e. The standard InChI is InChI=1S/C16H26N2O2/c1-4-11-9-12(11)18-13(10(2)3)14(19)17-16(15(18)20)7-5-6-8-16/h10-13H,4-9H2,1-3H3,(H,17,19). The van der Waals surface area contributed by atoms with Gasteiger partial charge in [-0.05, 0) is 31.1 Å². The van der Waals surface area contributed by atoms with Crippen LogP contribution in [-0.2, 0) is 9.59 Å². The van der Waals surface area contributed by atoms with Crippen LogP contribution in [0.15, 0.2) is 0 Å². The molecular weight excluding hydrogens is 252 g/mol. The summed E-state index contributed by atoms with van der Waals surface area (Å²) in [4.78, 5) is 27.6. The van der Waals surface area contributed by atoms with E-state index in [1.54, 1.807) is 0 Å². The first-order chi connectivity index (χ1) is 9.50. The molecule has 1 spiro atoms. The summed E-state index contributed by atoms with van der Waals surface area (Å²) in [5.41, 5.74) is -0.566. The van der Waals surface area contributed by atoms with Crippen molar-refractivity contribution < 1.29 is 9.59 Å². The van der Waals surface area contributed by atoms with E-state index in [0.29, 0.717) is 12.0 Å². The first-order valence-corrected chi connectivity index (χ1v) is 8.15. The zero-order chi connectivity index (χ0) is 14.5. The minimum absolute atomic E-state index is 0.0725. The molecule has 2 aliphatic carbocycles. The zero-order valence-electron chi connectivity index (χ0n) is 12.8. The molecule has 3 unspecified atom stereocenters. The normalized spacial score (nSPS) is 35.8. The molecule has 0 bridgehead atoms. The number of nitrogens with zero attached hydrogens (tertiary/aromatic N) is 1. The predicted molar refractivity (Wildman–Crippen MR) is 77.0 cm³/mol. The fraction of sp³-hybridized carbons (Fsp3) is 0.875. The lowest BCUT2D eigenvalue weighted by molar-refractivity contribution is -0.157. The first kappa shape index (κ1) is 13.9. The molecule has 1 saturated heterocycles. The topological polar surface area (TPSA) is 49.4 Å². The van der Waals surface area contributed by atoms with Gasteiger partial charge in [0.1, 0.15) is 11.6 Å². The minimum Gasteiger partial charge on any atom is -0.340 e. The molecule has 112 valence electrons. The highest BCUT2D eigenvalue weighted by atomic mass is 16.2. The van der Waals surface area contributed by atoms with Gasteiger partial charge in [0.05, 0.1) is 0 Å². The Morgan fingerprint density at radius 3 is 2.45 bits per heavy atom. The van der Waals surface area contributed by atoms with Gasteiger partial charge in [-0.15, -0.1) is 0 Å². The van der Waals surface area contributed by atoms with Gasteiger partial charge in [-0.25, -0.2) is 0 Å². The van der Waals surface area contributed by atoms with Crippen molar-refractivity contribution in [1.82, 2.24) is 10.2 Å². The van der Waals surface area contributed by atoms with Gasteiger partial charge >= 0.3 is 0 Å². The molecule has 4 nitrogen and oxygen atoms in total. The second-order valence-electron chi connectivity index (χ2n) is 7.15. The Morgan fingerprint density at radius 2 is 1.95 bits per heavy atom. The van der Waals surface area contributed by atoms with Gasteiger partial charge in [-0.3, -0.25) is 9.59 Å². The van der Waals surface area contributed by atoms with Crippen LogP contribution in [0.25, 0.3) is 0 Å². The molecule has 1 aliphatic heterocycles. The molecule has 2 amide bonds. The van der Waals surface area contributed by atoms with Crippen molar-refractivity contribution >= 4 is 11.8 Å². The third kappa shape index (κ3) is 1.95. The lowest BCUT2D eigenvalue weighted by Gasteiger charge is -2.46. The summed E-state index contributed by atoms with van der Waals surface area (Å²) in [6, 6.07) is 0.0405. The monoisotopic (exact) mass is 278 g/mol. The van der Waals surface area contributed by atoms with E-state index in [-0.39, 0.29) is 23.8 Å². The van der Waals surface area contributed by atoms with E-state index >= 15 is 0 Å². The van der Waals surface area contributed by atoms with Crippen LogP contribution in [0.3, 0.4) is 0 Å². The summed E-state index contributed by atoms with van der Waals surface area (Å²) >= 11 is 0. The molecule has 3 aliphatic rings. The van der Waals surface area contributed by atoms with E-state index in [1.807, 2.05) is 18.7 Å². The predicted octanol–water partition coefficient (Wildman–Crippen LogP) is 2.08. The molecule has 20 heavy (non-hydrogen) atoms. The number of amides is 2. The number of carbonyl (C=O) groups is 2. The Bertz CT molecular complexity index is 426. The molecule has 3 fully saturated rings. The third-order valence-corrected chi connectivity index (χ3v) is 5.43. The van der Waals surface area contributed by atoms with Crippen LogP contribution in [0.1, 0.15) is 59.3 Å². The number of carbonyl (C=O) groups excluding carboxylic acids is 2. The van der Waals surface area contributed by atoms with Gasteiger partial charge in [-0.2, -0.15) is 0 Å². The van der Waals surface area contributed by atoms with Crippen LogP contribution in [0, 0.1) is 11.8 Å². The second kappa shape index (κ2) is 4.74. The van der Waals surface area contributed by atoms with Crippen LogP contribution in [0.2, 0.25) is 0 Å². The first-order valence-electron chi connectivity index (χ1n) is 8.15. The van der Waals surface area contributed by atoms with E-state index < -0.39 is 5.54 Å². The Morgan fingerprint density at radius 1 is 1.30 bits per heavy atom. The molecule has 2 saturated carbocycles. The Labute approximate surface area is 121 Å². The van der Waals surface area contributed by atoms with Gasteiger partial charge < -0.3 is 10.2 Å². The summed E-state index contributed by atoms with van der Waals surface area (Å²) in [5.74, 6) is 1.05. The molecule has 0 aromatic rings. The van der Waals surface area contributed by atoms with E-state index in [1.165, 1.54) is 0 Å².